The smallest absolute Gasteiger partial charge is 0.268 e. The van der Waals surface area contributed by atoms with Crippen LogP contribution in [0.2, 0.25) is 0 Å². The van der Waals surface area contributed by atoms with E-state index in [1.54, 1.807) is 23.2 Å². The Kier molecular flexibility index (Phi) is 5.98. The number of halogens is 1. The van der Waals surface area contributed by atoms with Gasteiger partial charge in [-0.15, -0.1) is 11.3 Å². The van der Waals surface area contributed by atoms with Gasteiger partial charge in [-0.1, -0.05) is 12.1 Å². The second-order valence-corrected chi connectivity index (χ2v) is 9.13. The number of aromatic nitrogens is 1. The van der Waals surface area contributed by atoms with Gasteiger partial charge in [0.2, 0.25) is 0 Å². The molecule has 1 aromatic carbocycles. The molecule has 160 valence electrons. The van der Waals surface area contributed by atoms with Gasteiger partial charge in [-0.05, 0) is 68.9 Å². The van der Waals surface area contributed by atoms with Crippen molar-refractivity contribution in [2.45, 2.75) is 25.8 Å². The summed E-state index contributed by atoms with van der Waals surface area (Å²) in [4.78, 5) is 23.1. The van der Waals surface area contributed by atoms with Gasteiger partial charge in [0.15, 0.2) is 0 Å². The molecule has 1 aliphatic heterocycles. The average Bonchev–Trinajstić information content (AvgIpc) is 3.20. The van der Waals surface area contributed by atoms with Crippen molar-refractivity contribution in [2.24, 2.45) is 0 Å². The van der Waals surface area contributed by atoms with Crippen LogP contribution in [0.15, 0.2) is 48.7 Å². The number of hydrogen-bond donors (Lipinski definition) is 1. The topological polar surface area (TPSA) is 60.3 Å². The number of fused-ring (bicyclic) bond motifs is 1. The lowest BCUT2D eigenvalue weighted by Gasteiger charge is -2.26. The van der Waals surface area contributed by atoms with Crippen molar-refractivity contribution in [3.63, 3.8) is 0 Å². The molecule has 0 bridgehead atoms. The minimum absolute atomic E-state index is 0.0366. The van der Waals surface area contributed by atoms with Gasteiger partial charge < -0.3 is 15.2 Å². The molecule has 1 aliphatic rings. The number of benzene rings is 1. The number of nitrogens with zero attached hydrogens (tertiary/aromatic N) is 3. The van der Waals surface area contributed by atoms with Crippen LogP contribution < -0.4 is 4.90 Å². The zero-order valence-electron chi connectivity index (χ0n) is 17.9. The second-order valence-electron chi connectivity index (χ2n) is 8.08. The second kappa shape index (κ2) is 8.69. The van der Waals surface area contributed by atoms with Gasteiger partial charge in [-0.2, -0.15) is 0 Å². The molecule has 0 fully saturated rings. The Bertz CT molecular complexity index is 1110. The van der Waals surface area contributed by atoms with Gasteiger partial charge in [0.05, 0.1) is 28.2 Å². The molecule has 0 unspecified atom stereocenters. The van der Waals surface area contributed by atoms with Crippen molar-refractivity contribution >= 4 is 28.6 Å². The van der Waals surface area contributed by atoms with Gasteiger partial charge in [-0.25, -0.2) is 4.39 Å². The van der Waals surface area contributed by atoms with Crippen LogP contribution in [0, 0.1) is 11.2 Å². The predicted molar refractivity (Wildman–Crippen MR) is 124 cm³/mol. The molecule has 1 amide bonds. The van der Waals surface area contributed by atoms with Crippen LogP contribution in [0.3, 0.4) is 0 Å². The number of pyridine rings is 1. The SMILES string of the molecule is C[C@@H](CC(=N)c1ccc(N2CCc3cc(-c4ccc(F)cc4)sc3C2=O)cn1)N(C)C. The third kappa shape index (κ3) is 4.43. The molecule has 4 rings (SSSR count). The van der Waals surface area contributed by atoms with Crippen LogP contribution in [0.5, 0.6) is 0 Å². The van der Waals surface area contributed by atoms with Crippen molar-refractivity contribution < 1.29 is 9.18 Å². The molecule has 0 aliphatic carbocycles. The Balaban J connectivity index is 1.52. The monoisotopic (exact) mass is 436 g/mol. The minimum Gasteiger partial charge on any atom is -0.306 e. The zero-order valence-corrected chi connectivity index (χ0v) is 18.7. The summed E-state index contributed by atoms with van der Waals surface area (Å²) in [5.41, 5.74) is 3.82. The number of anilines is 1. The maximum Gasteiger partial charge on any atom is 0.268 e. The maximum atomic E-state index is 13.2. The lowest BCUT2D eigenvalue weighted by molar-refractivity contribution is 0.0985. The van der Waals surface area contributed by atoms with E-state index in [2.05, 4.69) is 16.8 Å². The molecule has 1 atom stereocenters. The third-order valence-electron chi connectivity index (χ3n) is 5.73. The molecule has 3 heterocycles. The Morgan fingerprint density at radius 3 is 2.65 bits per heavy atom. The number of carbonyl (C=O) groups is 1. The molecule has 2 aromatic heterocycles. The van der Waals surface area contributed by atoms with Gasteiger partial charge in [0.1, 0.15) is 5.82 Å². The molecule has 5 nitrogen and oxygen atoms in total. The highest BCUT2D eigenvalue weighted by atomic mass is 32.1. The molecule has 0 saturated heterocycles. The fourth-order valence-electron chi connectivity index (χ4n) is 3.56. The summed E-state index contributed by atoms with van der Waals surface area (Å²) in [5, 5.41) is 8.31. The summed E-state index contributed by atoms with van der Waals surface area (Å²) in [6, 6.07) is 12.3. The summed E-state index contributed by atoms with van der Waals surface area (Å²) < 4.78 is 13.2. The highest BCUT2D eigenvalue weighted by molar-refractivity contribution is 7.17. The Morgan fingerprint density at radius 1 is 1.26 bits per heavy atom. The van der Waals surface area contributed by atoms with Crippen LogP contribution in [0.4, 0.5) is 10.1 Å². The number of nitrogens with one attached hydrogen (secondary N) is 1. The highest BCUT2D eigenvalue weighted by Gasteiger charge is 2.28. The van der Waals surface area contributed by atoms with E-state index in [-0.39, 0.29) is 17.8 Å². The van der Waals surface area contributed by atoms with E-state index in [1.807, 2.05) is 32.3 Å². The van der Waals surface area contributed by atoms with Crippen LogP contribution in [-0.4, -0.2) is 48.2 Å². The fraction of sp³-hybridized carbons (Fsp3) is 0.292. The minimum atomic E-state index is -0.271. The largest absolute Gasteiger partial charge is 0.306 e. The van der Waals surface area contributed by atoms with Crippen molar-refractivity contribution in [3.8, 4) is 10.4 Å². The normalized spacial score (nSPS) is 14.6. The van der Waals surface area contributed by atoms with Gasteiger partial charge in [0.25, 0.3) is 5.91 Å². The lowest BCUT2D eigenvalue weighted by atomic mass is 10.0. The summed E-state index contributed by atoms with van der Waals surface area (Å²) in [7, 11) is 3.99. The Hall–Kier alpha value is -2.90. The van der Waals surface area contributed by atoms with E-state index in [1.165, 1.54) is 23.5 Å². The highest BCUT2D eigenvalue weighted by Crippen LogP contribution is 2.36. The first-order valence-electron chi connectivity index (χ1n) is 10.2. The van der Waals surface area contributed by atoms with Crippen molar-refractivity contribution in [2.75, 3.05) is 25.5 Å². The fourth-order valence-corrected chi connectivity index (χ4v) is 4.73. The van der Waals surface area contributed by atoms with E-state index in [4.69, 9.17) is 5.41 Å². The van der Waals surface area contributed by atoms with Crippen molar-refractivity contribution in [1.82, 2.24) is 9.88 Å². The number of thiophene rings is 1. The van der Waals surface area contributed by atoms with Crippen molar-refractivity contribution in [1.29, 1.82) is 5.41 Å². The molecule has 1 N–H and O–H groups in total. The third-order valence-corrected chi connectivity index (χ3v) is 6.95. The maximum absolute atomic E-state index is 13.2. The molecule has 0 saturated carbocycles. The Morgan fingerprint density at radius 2 is 2.00 bits per heavy atom. The predicted octanol–water partition coefficient (Wildman–Crippen LogP) is 4.86. The molecular weight excluding hydrogens is 411 g/mol. The molecular formula is C24H25FN4OS. The summed E-state index contributed by atoms with van der Waals surface area (Å²) in [6.07, 6.45) is 3.06. The summed E-state index contributed by atoms with van der Waals surface area (Å²) in [6.45, 7) is 2.66. The Labute approximate surface area is 185 Å². The number of amides is 1. The quantitative estimate of drug-likeness (QED) is 0.562. The zero-order chi connectivity index (χ0) is 22.1. The molecule has 31 heavy (non-hydrogen) atoms. The summed E-state index contributed by atoms with van der Waals surface area (Å²) >= 11 is 1.45. The van der Waals surface area contributed by atoms with Gasteiger partial charge in [0, 0.05) is 23.9 Å². The molecule has 3 aromatic rings. The number of rotatable bonds is 6. The number of hydrogen-bond acceptors (Lipinski definition) is 5. The van der Waals surface area contributed by atoms with Crippen LogP contribution in [0.25, 0.3) is 10.4 Å². The first kappa shape index (κ1) is 21.3. The molecule has 0 radical (unpaired) electrons. The first-order valence-corrected chi connectivity index (χ1v) is 11.1. The summed E-state index contributed by atoms with van der Waals surface area (Å²) in [5.74, 6) is -0.307. The van der Waals surface area contributed by atoms with E-state index < -0.39 is 0 Å². The van der Waals surface area contributed by atoms with Gasteiger partial charge in [-0.3, -0.25) is 9.78 Å². The lowest BCUT2D eigenvalue weighted by Crippen LogP contribution is -2.36. The molecule has 7 heteroatoms. The standard InChI is InChI=1S/C24H25FN4OS/c1-15(28(2)3)12-20(26)21-9-8-19(14-27-21)29-11-10-17-13-22(31-23(17)24(29)30)16-4-6-18(25)7-5-16/h4-9,13-15,26H,10-12H2,1-3H3/t15-/m0/s1. The van der Waals surface area contributed by atoms with Crippen molar-refractivity contribution in [3.05, 3.63) is 70.6 Å². The van der Waals surface area contributed by atoms with E-state index in [9.17, 15) is 9.18 Å². The van der Waals surface area contributed by atoms with E-state index in [0.29, 0.717) is 24.4 Å². The average molecular weight is 437 g/mol. The van der Waals surface area contributed by atoms with Crippen LogP contribution in [0.1, 0.15) is 34.3 Å². The molecule has 0 spiro atoms. The van der Waals surface area contributed by atoms with Gasteiger partial charge >= 0.3 is 0 Å². The van der Waals surface area contributed by atoms with E-state index in [0.717, 1.165) is 33.0 Å². The van der Waals surface area contributed by atoms with Crippen LogP contribution >= 0.6 is 11.3 Å². The van der Waals surface area contributed by atoms with E-state index >= 15 is 0 Å². The first-order chi connectivity index (χ1) is 14.8. The van der Waals surface area contributed by atoms with Crippen LogP contribution in [-0.2, 0) is 6.42 Å². The number of carbonyl (C=O) groups excluding carboxylic acids is 1.